The summed E-state index contributed by atoms with van der Waals surface area (Å²) in [4.78, 5) is 41.6. The van der Waals surface area contributed by atoms with Gasteiger partial charge in [0.1, 0.15) is 6.04 Å². The van der Waals surface area contributed by atoms with Gasteiger partial charge in [-0.15, -0.1) is 11.8 Å². The second-order valence-corrected chi connectivity index (χ2v) is 9.88. The number of thioether (sulfide) groups is 1. The van der Waals surface area contributed by atoms with Crippen molar-refractivity contribution in [2.24, 2.45) is 0 Å². The first kappa shape index (κ1) is 22.2. The lowest BCUT2D eigenvalue weighted by atomic mass is 10.0. The van der Waals surface area contributed by atoms with E-state index in [1.165, 1.54) is 16.7 Å². The van der Waals surface area contributed by atoms with Crippen molar-refractivity contribution in [2.45, 2.75) is 24.3 Å². The SMILES string of the molecule is CCOC(=O)[C@@H]1CS[C@@]2(C(=O)N(C)c3ccc(Br)cc32)N1C(=O)Cc1ccc(Cl)cc1. The summed E-state index contributed by atoms with van der Waals surface area (Å²) in [6.07, 6.45) is 0.0374. The van der Waals surface area contributed by atoms with Gasteiger partial charge in [0.15, 0.2) is 4.87 Å². The smallest absolute Gasteiger partial charge is 0.329 e. The predicted molar refractivity (Wildman–Crippen MR) is 124 cm³/mol. The number of benzene rings is 2. The molecule has 2 aromatic carbocycles. The van der Waals surface area contributed by atoms with Crippen LogP contribution in [0.4, 0.5) is 5.69 Å². The van der Waals surface area contributed by atoms with E-state index in [0.29, 0.717) is 10.6 Å². The molecule has 2 atom stereocenters. The van der Waals surface area contributed by atoms with Gasteiger partial charge >= 0.3 is 5.97 Å². The van der Waals surface area contributed by atoms with Crippen LogP contribution in [-0.2, 0) is 30.4 Å². The summed E-state index contributed by atoms with van der Waals surface area (Å²) in [5, 5.41) is 0.570. The molecule has 1 spiro atoms. The predicted octanol–water partition coefficient (Wildman–Crippen LogP) is 3.98. The molecule has 31 heavy (non-hydrogen) atoms. The minimum Gasteiger partial charge on any atom is -0.464 e. The molecule has 4 rings (SSSR count). The van der Waals surface area contributed by atoms with Crippen LogP contribution in [0.5, 0.6) is 0 Å². The van der Waals surface area contributed by atoms with Crippen molar-refractivity contribution in [1.29, 1.82) is 0 Å². The number of ether oxygens (including phenoxy) is 1. The minimum absolute atomic E-state index is 0.0374. The Bertz CT molecular complexity index is 1060. The molecule has 2 aliphatic heterocycles. The van der Waals surface area contributed by atoms with Gasteiger partial charge < -0.3 is 14.5 Å². The van der Waals surface area contributed by atoms with Crippen LogP contribution in [-0.4, -0.2) is 48.1 Å². The third-order valence-corrected chi connectivity index (χ3v) is 7.71. The van der Waals surface area contributed by atoms with Crippen LogP contribution in [0.1, 0.15) is 18.1 Å². The van der Waals surface area contributed by atoms with E-state index in [2.05, 4.69) is 15.9 Å². The lowest BCUT2D eigenvalue weighted by Crippen LogP contribution is -2.55. The first-order valence-electron chi connectivity index (χ1n) is 9.75. The van der Waals surface area contributed by atoms with Gasteiger partial charge in [-0.1, -0.05) is 39.7 Å². The molecule has 0 aliphatic carbocycles. The Morgan fingerprint density at radius 2 is 1.97 bits per heavy atom. The van der Waals surface area contributed by atoms with Gasteiger partial charge in [-0.05, 0) is 42.8 Å². The number of nitrogens with zero attached hydrogens (tertiary/aromatic N) is 2. The number of halogens is 2. The fraction of sp³-hybridized carbons (Fsp3) is 0.318. The third kappa shape index (κ3) is 3.64. The highest BCUT2D eigenvalue weighted by Gasteiger charge is 2.63. The summed E-state index contributed by atoms with van der Waals surface area (Å²) in [6, 6.07) is 11.6. The molecule has 0 radical (unpaired) electrons. The zero-order valence-electron chi connectivity index (χ0n) is 16.9. The number of carbonyl (C=O) groups excluding carboxylic acids is 3. The van der Waals surface area contributed by atoms with Gasteiger partial charge in [0.25, 0.3) is 5.91 Å². The molecule has 0 saturated carbocycles. The summed E-state index contributed by atoms with van der Waals surface area (Å²) in [5.41, 5.74) is 2.16. The van der Waals surface area contributed by atoms with Crippen molar-refractivity contribution in [1.82, 2.24) is 4.90 Å². The third-order valence-electron chi connectivity index (χ3n) is 5.48. The molecule has 6 nitrogen and oxygen atoms in total. The van der Waals surface area contributed by atoms with Crippen LogP contribution >= 0.6 is 39.3 Å². The van der Waals surface area contributed by atoms with Crippen molar-refractivity contribution < 1.29 is 19.1 Å². The molecule has 0 N–H and O–H groups in total. The van der Waals surface area contributed by atoms with Crippen LogP contribution in [0.15, 0.2) is 46.9 Å². The summed E-state index contributed by atoms with van der Waals surface area (Å²) >= 11 is 10.7. The number of hydrogen-bond donors (Lipinski definition) is 0. The van der Waals surface area contributed by atoms with E-state index >= 15 is 0 Å². The fourth-order valence-electron chi connectivity index (χ4n) is 4.08. The number of carbonyl (C=O) groups is 3. The molecule has 2 amide bonds. The highest BCUT2D eigenvalue weighted by atomic mass is 79.9. The van der Waals surface area contributed by atoms with Crippen LogP contribution in [0.25, 0.3) is 0 Å². The number of likely N-dealkylation sites (N-methyl/N-ethyl adjacent to an activating group) is 1. The average Bonchev–Trinajstić information content (AvgIpc) is 3.24. The van der Waals surface area contributed by atoms with Crippen molar-refractivity contribution >= 4 is 62.8 Å². The lowest BCUT2D eigenvalue weighted by Gasteiger charge is -2.35. The zero-order valence-corrected chi connectivity index (χ0v) is 20.1. The van der Waals surface area contributed by atoms with Crippen LogP contribution in [0.3, 0.4) is 0 Å². The van der Waals surface area contributed by atoms with E-state index in [4.69, 9.17) is 16.3 Å². The standard InChI is InChI=1S/C22H20BrClN2O4S/c1-3-30-20(28)18-12-31-22(16-11-14(23)6-9-17(16)25(2)21(22)29)26(18)19(27)10-13-4-7-15(24)8-5-13/h4-9,11,18H,3,10,12H2,1-2H3/t18-,22-/m0/s1. The van der Waals surface area contributed by atoms with Gasteiger partial charge in [-0.3, -0.25) is 9.59 Å². The fourth-order valence-corrected chi connectivity index (χ4v) is 6.20. The molecule has 0 bridgehead atoms. The monoisotopic (exact) mass is 522 g/mol. The summed E-state index contributed by atoms with van der Waals surface area (Å²) in [7, 11) is 1.68. The molecule has 2 aliphatic rings. The van der Waals surface area contributed by atoms with E-state index in [0.717, 1.165) is 15.7 Å². The Labute approximate surface area is 198 Å². The Hall–Kier alpha value is -2.03. The van der Waals surface area contributed by atoms with Crippen LogP contribution in [0.2, 0.25) is 5.02 Å². The molecule has 0 aromatic heterocycles. The number of esters is 1. The largest absolute Gasteiger partial charge is 0.464 e. The van der Waals surface area contributed by atoms with E-state index < -0.39 is 16.9 Å². The first-order chi connectivity index (χ1) is 14.8. The van der Waals surface area contributed by atoms with Gasteiger partial charge in [0, 0.05) is 27.9 Å². The number of hydrogen-bond acceptors (Lipinski definition) is 5. The molecule has 0 unspecified atom stereocenters. The molecule has 162 valence electrons. The average molecular weight is 524 g/mol. The van der Waals surface area contributed by atoms with Gasteiger partial charge in [-0.2, -0.15) is 0 Å². The molecule has 9 heteroatoms. The first-order valence-corrected chi connectivity index (χ1v) is 11.9. The quantitative estimate of drug-likeness (QED) is 0.567. The maximum atomic E-state index is 13.6. The summed E-state index contributed by atoms with van der Waals surface area (Å²) < 4.78 is 6.04. The van der Waals surface area contributed by atoms with Crippen LogP contribution < -0.4 is 4.90 Å². The highest BCUT2D eigenvalue weighted by Crippen LogP contribution is 2.56. The topological polar surface area (TPSA) is 66.9 Å². The van der Waals surface area contributed by atoms with Gasteiger partial charge in [0.05, 0.1) is 18.7 Å². The van der Waals surface area contributed by atoms with E-state index in [1.54, 1.807) is 43.1 Å². The van der Waals surface area contributed by atoms with E-state index in [-0.39, 0.29) is 30.6 Å². The van der Waals surface area contributed by atoms with Crippen molar-refractivity contribution in [2.75, 3.05) is 24.3 Å². The van der Waals surface area contributed by atoms with Crippen molar-refractivity contribution in [3.63, 3.8) is 0 Å². The van der Waals surface area contributed by atoms with Crippen molar-refractivity contribution in [3.05, 3.63) is 63.1 Å². The number of amides is 2. The van der Waals surface area contributed by atoms with E-state index in [9.17, 15) is 14.4 Å². The number of fused-ring (bicyclic) bond motifs is 2. The number of rotatable bonds is 4. The molecule has 1 fully saturated rings. The maximum Gasteiger partial charge on any atom is 0.329 e. The Morgan fingerprint density at radius 1 is 1.26 bits per heavy atom. The Morgan fingerprint density at radius 3 is 2.65 bits per heavy atom. The molecular weight excluding hydrogens is 504 g/mol. The second-order valence-electron chi connectivity index (χ2n) is 7.32. The van der Waals surface area contributed by atoms with Gasteiger partial charge in [0.2, 0.25) is 5.91 Å². The normalized spacial score (nSPS) is 22.2. The lowest BCUT2D eigenvalue weighted by molar-refractivity contribution is -0.157. The molecule has 2 aromatic rings. The van der Waals surface area contributed by atoms with E-state index in [1.807, 2.05) is 18.2 Å². The minimum atomic E-state index is -1.31. The second kappa shape index (κ2) is 8.48. The molecule has 2 heterocycles. The Balaban J connectivity index is 1.81. The number of anilines is 1. The highest BCUT2D eigenvalue weighted by molar-refractivity contribution is 9.10. The Kier molecular flexibility index (Phi) is 6.07. The molecule has 1 saturated heterocycles. The summed E-state index contributed by atoms with van der Waals surface area (Å²) in [5.74, 6) is -0.798. The summed E-state index contributed by atoms with van der Waals surface area (Å²) in [6.45, 7) is 1.92. The van der Waals surface area contributed by atoms with Crippen LogP contribution in [0, 0.1) is 0 Å². The van der Waals surface area contributed by atoms with Crippen molar-refractivity contribution in [3.8, 4) is 0 Å². The van der Waals surface area contributed by atoms with Gasteiger partial charge in [-0.25, -0.2) is 4.79 Å². The maximum absolute atomic E-state index is 13.6. The zero-order chi connectivity index (χ0) is 22.3. The molecular formula is C22H20BrClN2O4S.